The number of non-ortho nitro benzene ring substituents is 1. The minimum atomic E-state index is -1.08. The summed E-state index contributed by atoms with van der Waals surface area (Å²) in [6.07, 6.45) is -0.631. The van der Waals surface area contributed by atoms with Gasteiger partial charge < -0.3 is 15.2 Å². The van der Waals surface area contributed by atoms with E-state index in [1.807, 2.05) is 0 Å². The van der Waals surface area contributed by atoms with E-state index in [4.69, 9.17) is 4.74 Å². The maximum atomic E-state index is 11.8. The molecule has 8 heteroatoms. The van der Waals surface area contributed by atoms with Crippen LogP contribution in [-0.2, 0) is 9.53 Å². The number of carboxylic acid groups (broad SMARTS) is 1. The summed E-state index contributed by atoms with van der Waals surface area (Å²) in [5.41, 5.74) is -1.19. The van der Waals surface area contributed by atoms with Crippen LogP contribution in [0.2, 0.25) is 0 Å². The smallest absolute Gasteiger partial charge is 0.407 e. The second-order valence-electron chi connectivity index (χ2n) is 7.46. The molecule has 0 aliphatic rings. The molecule has 0 aromatic heterocycles. The fourth-order valence-electron chi connectivity index (χ4n) is 2.43. The number of hydrogen-bond acceptors (Lipinski definition) is 5. The van der Waals surface area contributed by atoms with E-state index in [0.29, 0.717) is 5.56 Å². The van der Waals surface area contributed by atoms with E-state index in [9.17, 15) is 24.8 Å². The largest absolute Gasteiger partial charge is 0.481 e. The third-order valence-electron chi connectivity index (χ3n) is 3.55. The normalized spacial score (nSPS) is 13.0. The van der Waals surface area contributed by atoms with Gasteiger partial charge in [0.25, 0.3) is 5.69 Å². The monoisotopic (exact) mass is 352 g/mol. The number of nitro benzene ring substituents is 1. The van der Waals surface area contributed by atoms with Gasteiger partial charge in [0.15, 0.2) is 0 Å². The van der Waals surface area contributed by atoms with Crippen molar-refractivity contribution in [2.45, 2.75) is 46.1 Å². The number of alkyl carbamates (subject to hydrolysis) is 1. The summed E-state index contributed by atoms with van der Waals surface area (Å²) in [6, 6.07) is 5.38. The summed E-state index contributed by atoms with van der Waals surface area (Å²) < 4.78 is 5.15. The van der Waals surface area contributed by atoms with Gasteiger partial charge in [0, 0.05) is 18.7 Å². The fraction of sp³-hybridized carbons (Fsp3) is 0.529. The number of nitrogens with one attached hydrogen (secondary N) is 1. The van der Waals surface area contributed by atoms with Gasteiger partial charge in [-0.3, -0.25) is 14.9 Å². The van der Waals surface area contributed by atoms with Crippen molar-refractivity contribution in [3.05, 3.63) is 39.9 Å². The number of benzene rings is 1. The van der Waals surface area contributed by atoms with Gasteiger partial charge in [0.05, 0.1) is 10.8 Å². The second kappa shape index (κ2) is 7.50. The zero-order chi connectivity index (χ0) is 19.4. The molecule has 8 nitrogen and oxygen atoms in total. The zero-order valence-corrected chi connectivity index (χ0v) is 15.0. The summed E-state index contributed by atoms with van der Waals surface area (Å²) in [7, 11) is 0. The predicted octanol–water partition coefficient (Wildman–Crippen LogP) is 3.31. The number of ether oxygens (including phenoxy) is 1. The predicted molar refractivity (Wildman–Crippen MR) is 91.5 cm³/mol. The van der Waals surface area contributed by atoms with E-state index in [-0.39, 0.29) is 12.2 Å². The van der Waals surface area contributed by atoms with Crippen molar-refractivity contribution in [2.75, 3.05) is 6.54 Å². The molecule has 25 heavy (non-hydrogen) atoms. The van der Waals surface area contributed by atoms with E-state index < -0.39 is 33.9 Å². The third kappa shape index (κ3) is 6.06. The van der Waals surface area contributed by atoms with Crippen LogP contribution in [0.5, 0.6) is 0 Å². The van der Waals surface area contributed by atoms with Gasteiger partial charge in [-0.05, 0) is 31.7 Å². The van der Waals surface area contributed by atoms with Crippen molar-refractivity contribution in [3.8, 4) is 0 Å². The minimum Gasteiger partial charge on any atom is -0.481 e. The molecule has 0 bridgehead atoms. The first-order chi connectivity index (χ1) is 11.3. The Labute approximate surface area is 146 Å². The van der Waals surface area contributed by atoms with Gasteiger partial charge in [-0.2, -0.15) is 0 Å². The Morgan fingerprint density at radius 2 is 1.72 bits per heavy atom. The van der Waals surface area contributed by atoms with Crippen molar-refractivity contribution in [1.82, 2.24) is 5.32 Å². The van der Waals surface area contributed by atoms with Gasteiger partial charge in [-0.15, -0.1) is 0 Å². The molecule has 0 spiro atoms. The third-order valence-corrected chi connectivity index (χ3v) is 3.55. The van der Waals surface area contributed by atoms with Gasteiger partial charge >= 0.3 is 12.1 Å². The van der Waals surface area contributed by atoms with E-state index in [1.54, 1.807) is 34.6 Å². The van der Waals surface area contributed by atoms with E-state index in [2.05, 4.69) is 5.32 Å². The number of carboxylic acids is 1. The highest BCUT2D eigenvalue weighted by Gasteiger charge is 2.37. The Morgan fingerprint density at radius 3 is 2.12 bits per heavy atom. The Balaban J connectivity index is 2.94. The first kappa shape index (κ1) is 20.4. The average Bonchev–Trinajstić information content (AvgIpc) is 2.43. The highest BCUT2D eigenvalue weighted by molar-refractivity contribution is 5.77. The SMILES string of the molecule is CC(C)(C)OC(=O)NCC(C)(C)C(C(=O)O)c1ccc([N+](=O)[O-])cc1. The molecular formula is C17H24N2O6. The maximum absolute atomic E-state index is 11.8. The number of carbonyl (C=O) groups excluding carboxylic acids is 1. The number of carbonyl (C=O) groups is 2. The molecule has 1 aromatic rings. The number of nitrogens with zero attached hydrogens (tertiary/aromatic N) is 1. The van der Waals surface area contributed by atoms with Crippen LogP contribution in [0.4, 0.5) is 10.5 Å². The van der Waals surface area contributed by atoms with Gasteiger partial charge in [0.1, 0.15) is 5.60 Å². The summed E-state index contributed by atoms with van der Waals surface area (Å²) >= 11 is 0. The Morgan fingerprint density at radius 1 is 1.20 bits per heavy atom. The van der Waals surface area contributed by atoms with E-state index in [0.717, 1.165) is 0 Å². The summed E-state index contributed by atoms with van der Waals surface area (Å²) in [4.78, 5) is 33.7. The topological polar surface area (TPSA) is 119 Å². The number of hydrogen-bond donors (Lipinski definition) is 2. The molecule has 0 aliphatic carbocycles. The zero-order valence-electron chi connectivity index (χ0n) is 15.0. The molecule has 2 N–H and O–H groups in total. The van der Waals surface area contributed by atoms with E-state index >= 15 is 0 Å². The first-order valence-corrected chi connectivity index (χ1v) is 7.77. The van der Waals surface area contributed by atoms with Crippen LogP contribution in [0, 0.1) is 15.5 Å². The lowest BCUT2D eigenvalue weighted by Gasteiger charge is -2.32. The Hall–Kier alpha value is -2.64. The van der Waals surface area contributed by atoms with Crippen molar-refractivity contribution < 1.29 is 24.4 Å². The number of nitro groups is 1. The molecule has 0 aliphatic heterocycles. The lowest BCUT2D eigenvalue weighted by molar-refractivity contribution is -0.384. The highest BCUT2D eigenvalue weighted by Crippen LogP contribution is 2.36. The van der Waals surface area contributed by atoms with Crippen LogP contribution >= 0.6 is 0 Å². The highest BCUT2D eigenvalue weighted by atomic mass is 16.6. The molecule has 0 saturated carbocycles. The lowest BCUT2D eigenvalue weighted by Crippen LogP contribution is -2.42. The standard InChI is InChI=1S/C17H24N2O6/c1-16(2,3)25-15(22)18-10-17(4,5)13(14(20)21)11-6-8-12(9-7-11)19(23)24/h6-9,13H,10H2,1-5H3,(H,18,22)(H,20,21). The van der Waals surface area contributed by atoms with Crippen molar-refractivity contribution >= 4 is 17.7 Å². The molecule has 1 atom stereocenters. The van der Waals surface area contributed by atoms with Gasteiger partial charge in [0.2, 0.25) is 0 Å². The van der Waals surface area contributed by atoms with E-state index in [1.165, 1.54) is 24.3 Å². The van der Waals surface area contributed by atoms with Crippen LogP contribution in [0.15, 0.2) is 24.3 Å². The molecule has 0 fully saturated rings. The average molecular weight is 352 g/mol. The summed E-state index contributed by atoms with van der Waals surface area (Å²) in [5.74, 6) is -2.03. The molecule has 1 amide bonds. The van der Waals surface area contributed by atoms with Crippen molar-refractivity contribution in [3.63, 3.8) is 0 Å². The quantitative estimate of drug-likeness (QED) is 0.599. The first-order valence-electron chi connectivity index (χ1n) is 7.77. The molecule has 0 saturated heterocycles. The summed E-state index contributed by atoms with van der Waals surface area (Å²) in [5, 5.41) is 22.9. The molecule has 0 heterocycles. The summed E-state index contributed by atoms with van der Waals surface area (Å²) in [6.45, 7) is 8.66. The van der Waals surface area contributed by atoms with Crippen molar-refractivity contribution in [1.29, 1.82) is 0 Å². The molecule has 1 unspecified atom stereocenters. The van der Waals surface area contributed by atoms with Crippen LogP contribution in [0.25, 0.3) is 0 Å². The fourth-order valence-corrected chi connectivity index (χ4v) is 2.43. The second-order valence-corrected chi connectivity index (χ2v) is 7.46. The van der Waals surface area contributed by atoms with Crippen LogP contribution in [-0.4, -0.2) is 34.2 Å². The Bertz CT molecular complexity index is 646. The van der Waals surface area contributed by atoms with Crippen LogP contribution < -0.4 is 5.32 Å². The molecule has 1 rings (SSSR count). The minimum absolute atomic E-state index is 0.0653. The molecular weight excluding hydrogens is 328 g/mol. The Kier molecular flexibility index (Phi) is 6.12. The number of amides is 1. The molecule has 1 aromatic carbocycles. The number of rotatable bonds is 6. The van der Waals surface area contributed by atoms with Crippen LogP contribution in [0.1, 0.15) is 46.1 Å². The molecule has 138 valence electrons. The van der Waals surface area contributed by atoms with Gasteiger partial charge in [-0.25, -0.2) is 4.79 Å². The molecule has 0 radical (unpaired) electrons. The maximum Gasteiger partial charge on any atom is 0.407 e. The van der Waals surface area contributed by atoms with Crippen molar-refractivity contribution in [2.24, 2.45) is 5.41 Å². The van der Waals surface area contributed by atoms with Crippen LogP contribution in [0.3, 0.4) is 0 Å². The van der Waals surface area contributed by atoms with Gasteiger partial charge in [-0.1, -0.05) is 26.0 Å². The lowest BCUT2D eigenvalue weighted by atomic mass is 9.74. The number of aliphatic carboxylic acids is 1.